The summed E-state index contributed by atoms with van der Waals surface area (Å²) in [6.07, 6.45) is 19.5. The Labute approximate surface area is 156 Å². The van der Waals surface area contributed by atoms with Crippen LogP contribution in [0, 0.1) is 0 Å². The summed E-state index contributed by atoms with van der Waals surface area (Å²) in [6.45, 7) is 8.19. The van der Waals surface area contributed by atoms with Crippen LogP contribution in [-0.2, 0) is 4.74 Å². The lowest BCUT2D eigenvalue weighted by Gasteiger charge is -2.09. The Bertz CT molecular complexity index is 336. The predicted octanol–water partition coefficient (Wildman–Crippen LogP) is 5.56. The van der Waals surface area contributed by atoms with Gasteiger partial charge in [-0.3, -0.25) is 0 Å². The second-order valence-corrected chi connectivity index (χ2v) is 7.14. The van der Waals surface area contributed by atoms with E-state index < -0.39 is 0 Å². The van der Waals surface area contributed by atoms with Gasteiger partial charge in [-0.1, -0.05) is 38.2 Å². The van der Waals surface area contributed by atoms with Gasteiger partial charge in [0.1, 0.15) is 0 Å². The van der Waals surface area contributed by atoms with E-state index in [1.807, 2.05) is 0 Å². The summed E-state index contributed by atoms with van der Waals surface area (Å²) >= 11 is 0. The lowest BCUT2D eigenvalue weighted by Crippen LogP contribution is -2.10. The highest BCUT2D eigenvalue weighted by molar-refractivity contribution is 4.82. The number of rotatable bonds is 11. The van der Waals surface area contributed by atoms with Crippen LogP contribution in [0.3, 0.4) is 0 Å². The third-order valence-corrected chi connectivity index (χ3v) is 4.36. The standard InChI is InChI=1S/C11H22O2.C11H20O/c1-3-4-5-6-7-11(13)9-8-10(2)12;1-3-4-5-6-7-11-9-8-10(2)12-11/h4-5,10-13H,3,6-9H2,1-2H3;4-5,10-11H,3,6-9H2,1-2H3. The minimum absolute atomic E-state index is 0.254. The molecule has 0 amide bonds. The minimum atomic E-state index is -0.291. The van der Waals surface area contributed by atoms with Crippen molar-refractivity contribution in [2.45, 2.75) is 116 Å². The fraction of sp³-hybridized carbons (Fsp3) is 0.818. The summed E-state index contributed by atoms with van der Waals surface area (Å²) in [7, 11) is 0. The number of hydrogen-bond acceptors (Lipinski definition) is 3. The van der Waals surface area contributed by atoms with Crippen LogP contribution >= 0.6 is 0 Å². The molecule has 0 radical (unpaired) electrons. The number of hydrogen-bond donors (Lipinski definition) is 2. The van der Waals surface area contributed by atoms with E-state index in [9.17, 15) is 5.11 Å². The van der Waals surface area contributed by atoms with Crippen molar-refractivity contribution >= 4 is 0 Å². The lowest BCUT2D eigenvalue weighted by atomic mass is 10.1. The van der Waals surface area contributed by atoms with Crippen molar-refractivity contribution in [2.75, 3.05) is 0 Å². The molecule has 148 valence electrons. The van der Waals surface area contributed by atoms with E-state index >= 15 is 0 Å². The summed E-state index contributed by atoms with van der Waals surface area (Å²) in [6, 6.07) is 0. The SMILES string of the molecule is CCC=CCCC(O)CCC(C)O.CCC=CCCC1CCC(C)O1. The van der Waals surface area contributed by atoms with Crippen molar-refractivity contribution < 1.29 is 14.9 Å². The molecule has 0 aliphatic carbocycles. The van der Waals surface area contributed by atoms with Crippen LogP contribution in [0.5, 0.6) is 0 Å². The molecule has 0 bridgehead atoms. The van der Waals surface area contributed by atoms with Crippen molar-refractivity contribution in [3.63, 3.8) is 0 Å². The smallest absolute Gasteiger partial charge is 0.0582 e. The highest BCUT2D eigenvalue weighted by atomic mass is 16.5. The van der Waals surface area contributed by atoms with Gasteiger partial charge >= 0.3 is 0 Å². The monoisotopic (exact) mass is 354 g/mol. The summed E-state index contributed by atoms with van der Waals surface area (Å²) < 4.78 is 5.71. The van der Waals surface area contributed by atoms with Gasteiger partial charge in [0.05, 0.1) is 24.4 Å². The average Bonchev–Trinajstić information content (AvgIpc) is 3.00. The van der Waals surface area contributed by atoms with E-state index in [4.69, 9.17) is 9.84 Å². The molecule has 0 aromatic rings. The number of allylic oxidation sites excluding steroid dienone is 4. The van der Waals surface area contributed by atoms with E-state index in [1.54, 1.807) is 6.92 Å². The van der Waals surface area contributed by atoms with Crippen LogP contribution in [0.25, 0.3) is 0 Å². The van der Waals surface area contributed by atoms with Crippen molar-refractivity contribution in [3.05, 3.63) is 24.3 Å². The van der Waals surface area contributed by atoms with Gasteiger partial charge in [-0.15, -0.1) is 0 Å². The zero-order valence-corrected chi connectivity index (χ0v) is 17.0. The molecule has 3 nitrogen and oxygen atoms in total. The maximum Gasteiger partial charge on any atom is 0.0582 e. The topological polar surface area (TPSA) is 49.7 Å². The maximum absolute atomic E-state index is 9.45. The first-order chi connectivity index (χ1) is 12.0. The van der Waals surface area contributed by atoms with E-state index in [2.05, 4.69) is 45.1 Å². The molecule has 1 aliphatic rings. The fourth-order valence-corrected chi connectivity index (χ4v) is 2.82. The Morgan fingerprint density at radius 2 is 1.56 bits per heavy atom. The van der Waals surface area contributed by atoms with Crippen LogP contribution in [0.4, 0.5) is 0 Å². The first kappa shape index (κ1) is 24.4. The van der Waals surface area contributed by atoms with Crippen LogP contribution < -0.4 is 0 Å². The Kier molecular flexibility index (Phi) is 16.4. The Hall–Kier alpha value is -0.640. The van der Waals surface area contributed by atoms with Gasteiger partial charge in [0, 0.05) is 0 Å². The number of aliphatic hydroxyl groups is 2. The van der Waals surface area contributed by atoms with Gasteiger partial charge in [0.25, 0.3) is 0 Å². The molecule has 0 saturated carbocycles. The predicted molar refractivity (Wildman–Crippen MR) is 108 cm³/mol. The molecular formula is C22H42O3. The normalized spacial score (nSPS) is 23.0. The highest BCUT2D eigenvalue weighted by Gasteiger charge is 2.20. The fourth-order valence-electron chi connectivity index (χ4n) is 2.82. The maximum atomic E-state index is 9.45. The van der Waals surface area contributed by atoms with Crippen LogP contribution in [0.2, 0.25) is 0 Å². The van der Waals surface area contributed by atoms with Crippen LogP contribution in [-0.4, -0.2) is 34.6 Å². The molecule has 4 unspecified atom stereocenters. The molecule has 2 N–H and O–H groups in total. The lowest BCUT2D eigenvalue weighted by molar-refractivity contribution is 0.0516. The first-order valence-corrected chi connectivity index (χ1v) is 10.3. The molecule has 25 heavy (non-hydrogen) atoms. The first-order valence-electron chi connectivity index (χ1n) is 10.3. The van der Waals surface area contributed by atoms with Crippen molar-refractivity contribution in [1.29, 1.82) is 0 Å². The Balaban J connectivity index is 0.000000462. The van der Waals surface area contributed by atoms with Crippen molar-refractivity contribution in [3.8, 4) is 0 Å². The van der Waals surface area contributed by atoms with E-state index in [0.717, 1.165) is 25.7 Å². The van der Waals surface area contributed by atoms with Crippen molar-refractivity contribution in [1.82, 2.24) is 0 Å². The molecule has 3 heteroatoms. The Morgan fingerprint density at radius 1 is 0.920 bits per heavy atom. The average molecular weight is 355 g/mol. The van der Waals surface area contributed by atoms with Gasteiger partial charge < -0.3 is 14.9 Å². The van der Waals surface area contributed by atoms with Gasteiger partial charge in [0.2, 0.25) is 0 Å². The van der Waals surface area contributed by atoms with Crippen LogP contribution in [0.1, 0.15) is 91.9 Å². The second-order valence-electron chi connectivity index (χ2n) is 7.14. The molecule has 0 spiro atoms. The molecule has 1 heterocycles. The summed E-state index contributed by atoms with van der Waals surface area (Å²) in [5.74, 6) is 0. The van der Waals surface area contributed by atoms with Gasteiger partial charge in [-0.2, -0.15) is 0 Å². The van der Waals surface area contributed by atoms with E-state index in [0.29, 0.717) is 25.0 Å². The van der Waals surface area contributed by atoms with Gasteiger partial charge in [0.15, 0.2) is 0 Å². The molecule has 1 fully saturated rings. The molecular weight excluding hydrogens is 312 g/mol. The third kappa shape index (κ3) is 16.6. The summed E-state index contributed by atoms with van der Waals surface area (Å²) in [5, 5.41) is 18.4. The molecule has 0 aromatic carbocycles. The minimum Gasteiger partial charge on any atom is -0.393 e. The van der Waals surface area contributed by atoms with Gasteiger partial charge in [-0.25, -0.2) is 0 Å². The Morgan fingerprint density at radius 3 is 2.08 bits per heavy atom. The molecule has 1 saturated heterocycles. The zero-order valence-electron chi connectivity index (χ0n) is 17.0. The quantitative estimate of drug-likeness (QED) is 0.478. The largest absolute Gasteiger partial charge is 0.393 e. The molecule has 1 aliphatic heterocycles. The molecule has 4 atom stereocenters. The summed E-state index contributed by atoms with van der Waals surface area (Å²) in [5.41, 5.74) is 0. The number of aliphatic hydroxyl groups excluding tert-OH is 2. The highest BCUT2D eigenvalue weighted by Crippen LogP contribution is 2.22. The number of ether oxygens (including phenoxy) is 1. The van der Waals surface area contributed by atoms with Gasteiger partial charge in [-0.05, 0) is 78.1 Å². The van der Waals surface area contributed by atoms with Crippen molar-refractivity contribution in [2.24, 2.45) is 0 Å². The zero-order chi connectivity index (χ0) is 18.9. The molecule has 0 aromatic heterocycles. The summed E-state index contributed by atoms with van der Waals surface area (Å²) in [4.78, 5) is 0. The van der Waals surface area contributed by atoms with E-state index in [-0.39, 0.29) is 12.2 Å². The molecule has 1 rings (SSSR count). The van der Waals surface area contributed by atoms with Crippen LogP contribution in [0.15, 0.2) is 24.3 Å². The van der Waals surface area contributed by atoms with E-state index in [1.165, 1.54) is 25.7 Å². The second kappa shape index (κ2) is 16.8. The third-order valence-electron chi connectivity index (χ3n) is 4.36.